The van der Waals surface area contributed by atoms with Gasteiger partial charge in [-0.15, -0.1) is 0 Å². The molecule has 3 aromatic carbocycles. The number of aromatic amines is 1. The number of nitrogens with two attached hydrogens (primary N) is 2. The summed E-state index contributed by atoms with van der Waals surface area (Å²) in [6.45, 7) is 0.336. The van der Waals surface area contributed by atoms with Crippen LogP contribution in [0.15, 0.2) is 129 Å². The molecule has 5 heterocycles. The van der Waals surface area contributed by atoms with Gasteiger partial charge in [0, 0.05) is 66.1 Å². The number of carboxylic acid groups (broad SMARTS) is 1. The van der Waals surface area contributed by atoms with Gasteiger partial charge in [-0.05, 0) is 90.6 Å². The summed E-state index contributed by atoms with van der Waals surface area (Å²) >= 11 is 0. The number of nitrogens with one attached hydrogen (secondary N) is 4. The summed E-state index contributed by atoms with van der Waals surface area (Å²) in [7, 11) is 0. The Balaban J connectivity index is 1.03. The number of anilines is 1. The van der Waals surface area contributed by atoms with Gasteiger partial charge in [-0.1, -0.05) is 36.3 Å². The second-order valence-corrected chi connectivity index (χ2v) is 19.9. The lowest BCUT2D eigenvalue weighted by molar-refractivity contribution is -0.345. The van der Waals surface area contributed by atoms with Crippen LogP contribution in [0.2, 0.25) is 0 Å². The van der Waals surface area contributed by atoms with Crippen molar-refractivity contribution in [1.29, 1.82) is 0 Å². The van der Waals surface area contributed by atoms with E-state index < -0.39 is 106 Å². The maximum atomic E-state index is 14.1. The summed E-state index contributed by atoms with van der Waals surface area (Å²) in [5.41, 5.74) is 7.26. The lowest BCUT2D eigenvalue weighted by Crippen LogP contribution is -2.80. The first kappa shape index (κ1) is 49.8. The Morgan fingerprint density at radius 3 is 2.51 bits per heavy atom. The second kappa shape index (κ2) is 18.8. The molecule has 75 heavy (non-hydrogen) atoms. The van der Waals surface area contributed by atoms with Gasteiger partial charge >= 0.3 is 5.97 Å². The van der Waals surface area contributed by atoms with Crippen molar-refractivity contribution in [1.82, 2.24) is 20.9 Å². The number of fused-ring (bicyclic) bond motifs is 5. The smallest absolute Gasteiger partial charge is 0.336 e. The van der Waals surface area contributed by atoms with Crippen LogP contribution in [0.5, 0.6) is 28.7 Å². The molecular formula is C53H56N6O16. The highest BCUT2D eigenvalue weighted by atomic mass is 16.7. The number of allylic oxidation sites excluding steroid dienone is 3. The molecule has 17 N–H and O–H groups in total. The Morgan fingerprint density at radius 2 is 1.80 bits per heavy atom. The number of dihydropyridines is 1. The largest absolute Gasteiger partial charge is 0.508 e. The number of carboxylic acids is 1. The third-order valence-electron chi connectivity index (χ3n) is 15.5. The standard InChI is InChI=1S/C53H56N6O16/c54-39-13-12-32(59-39)43(63)38(22-60)71-29-10-7-24(8-11-29)35-17-34(62)41-36(72-35)18-37(45(44(41)64)74-48(67)25-3-1-5-28(61)15-25)73-50-52(69)19-31(51-14-2-4-27(51)9-6-26-20-57-40(55)16-30(26)51)42(33-21-56-23-58-33)53(70,49(52)68)46(75-50)47(65)66/h1,3,5-13,15-19,27,33,38,42-43,46,48-50,56-61,63-64,67-70H,2,4,14,20-23,54-55H2,(H,65,66)/t27-,33-,38+,42-,43-,46-,48+,49+,50-,51+,52-,53-/m1/s1. The molecule has 0 spiro atoms. The average Bonchev–Trinajstić information content (AvgIpc) is 4.19. The third kappa shape index (κ3) is 8.16. The van der Waals surface area contributed by atoms with Crippen LogP contribution in [0, 0.1) is 17.3 Å². The van der Waals surface area contributed by atoms with Gasteiger partial charge in [0.05, 0.1) is 12.4 Å². The number of aromatic hydroxyl groups is 2. The van der Waals surface area contributed by atoms with E-state index in [0.717, 1.165) is 23.3 Å². The van der Waals surface area contributed by atoms with Crippen molar-refractivity contribution in [2.24, 2.45) is 23.0 Å². The van der Waals surface area contributed by atoms with E-state index in [-0.39, 0.29) is 47.5 Å². The fourth-order valence-electron chi connectivity index (χ4n) is 12.1. The maximum absolute atomic E-state index is 14.1. The van der Waals surface area contributed by atoms with E-state index in [1.807, 2.05) is 12.2 Å². The van der Waals surface area contributed by atoms with Crippen molar-refractivity contribution in [3.63, 3.8) is 0 Å². The van der Waals surface area contributed by atoms with Crippen molar-refractivity contribution in [3.05, 3.63) is 141 Å². The molecule has 0 radical (unpaired) electrons. The number of phenols is 2. The number of benzene rings is 3. The molecule has 3 fully saturated rings. The van der Waals surface area contributed by atoms with Crippen LogP contribution in [0.4, 0.5) is 5.82 Å². The molecule has 6 aliphatic rings. The molecule has 3 aliphatic carbocycles. The Kier molecular flexibility index (Phi) is 12.5. The zero-order valence-electron chi connectivity index (χ0n) is 39.9. The monoisotopic (exact) mass is 1030 g/mol. The number of rotatable bonds is 14. The quantitative estimate of drug-likeness (QED) is 0.0553. The van der Waals surface area contributed by atoms with Crippen LogP contribution in [0.25, 0.3) is 22.3 Å². The first-order chi connectivity index (χ1) is 35.9. The second-order valence-electron chi connectivity index (χ2n) is 19.9. The van der Waals surface area contributed by atoms with E-state index in [9.17, 15) is 55.5 Å². The van der Waals surface area contributed by atoms with Crippen molar-refractivity contribution in [2.75, 3.05) is 32.1 Å². The van der Waals surface area contributed by atoms with Crippen LogP contribution in [-0.2, 0) is 9.53 Å². The van der Waals surface area contributed by atoms with Gasteiger partial charge in [0.2, 0.25) is 18.3 Å². The number of aliphatic hydroxyl groups excluding tert-OH is 4. The molecule has 11 rings (SSSR count). The topological polar surface area (TPSA) is 370 Å². The number of hydrogen-bond acceptors (Lipinski definition) is 20. The Morgan fingerprint density at radius 1 is 1.00 bits per heavy atom. The lowest BCUT2D eigenvalue weighted by Gasteiger charge is -2.61. The predicted molar refractivity (Wildman–Crippen MR) is 265 cm³/mol. The van der Waals surface area contributed by atoms with Crippen molar-refractivity contribution >= 4 is 22.8 Å². The molecule has 0 unspecified atom stereocenters. The van der Waals surface area contributed by atoms with Gasteiger partial charge in [-0.25, -0.2) is 4.79 Å². The zero-order chi connectivity index (χ0) is 52.7. The highest BCUT2D eigenvalue weighted by molar-refractivity contribution is 5.89. The minimum atomic E-state index is -2.79. The Hall–Kier alpha value is -7.38. The highest BCUT2D eigenvalue weighted by Crippen LogP contribution is 2.64. The van der Waals surface area contributed by atoms with E-state index in [1.54, 1.807) is 12.1 Å². The average molecular weight is 1030 g/mol. The number of carbonyl (C=O) groups is 1. The van der Waals surface area contributed by atoms with Crippen LogP contribution in [0.1, 0.15) is 42.9 Å². The van der Waals surface area contributed by atoms with Gasteiger partial charge in [-0.3, -0.25) is 10.1 Å². The molecule has 22 heteroatoms. The highest BCUT2D eigenvalue weighted by Gasteiger charge is 2.74. The van der Waals surface area contributed by atoms with Gasteiger partial charge in [0.1, 0.15) is 51.9 Å². The summed E-state index contributed by atoms with van der Waals surface area (Å²) in [5.74, 6) is -4.78. The van der Waals surface area contributed by atoms with Crippen LogP contribution < -0.4 is 47.1 Å². The molecule has 5 aromatic rings. The van der Waals surface area contributed by atoms with Crippen molar-refractivity contribution in [3.8, 4) is 40.1 Å². The number of nitrogen functional groups attached to an aromatic ring is 1. The van der Waals surface area contributed by atoms with Gasteiger partial charge in [0.15, 0.2) is 34.7 Å². The summed E-state index contributed by atoms with van der Waals surface area (Å²) in [4.78, 5) is 30.5. The van der Waals surface area contributed by atoms with E-state index in [2.05, 4.69) is 27.0 Å². The predicted octanol–water partition coefficient (Wildman–Crippen LogP) is 1.47. The summed E-state index contributed by atoms with van der Waals surface area (Å²) in [6.07, 6.45) is -2.04. The molecular weight excluding hydrogens is 977 g/mol. The summed E-state index contributed by atoms with van der Waals surface area (Å²) in [5, 5.41) is 114. The molecule has 1 saturated carbocycles. The normalized spacial score (nSPS) is 30.1. The van der Waals surface area contributed by atoms with Crippen LogP contribution in [-0.4, -0.2) is 125 Å². The van der Waals surface area contributed by atoms with Gasteiger partial charge in [-0.2, -0.15) is 0 Å². The maximum Gasteiger partial charge on any atom is 0.336 e. The van der Waals surface area contributed by atoms with E-state index in [0.29, 0.717) is 54.3 Å². The van der Waals surface area contributed by atoms with Gasteiger partial charge in [0.25, 0.3) is 0 Å². The molecule has 22 nitrogen and oxygen atoms in total. The number of ether oxygens (including phenoxy) is 4. The zero-order valence-corrected chi connectivity index (χ0v) is 39.9. The Bertz CT molecular complexity index is 3260. The number of H-pyrrole nitrogens is 1. The van der Waals surface area contributed by atoms with E-state index in [4.69, 9.17) is 34.8 Å². The van der Waals surface area contributed by atoms with E-state index in [1.165, 1.54) is 54.6 Å². The molecule has 0 amide bonds. The number of phenolic OH excluding ortho intramolecular Hbond substituents is 2. The van der Waals surface area contributed by atoms with Crippen molar-refractivity contribution in [2.45, 2.75) is 73.5 Å². The first-order valence-electron chi connectivity index (χ1n) is 24.4. The molecule has 12 atom stereocenters. The minimum Gasteiger partial charge on any atom is -0.508 e. The van der Waals surface area contributed by atoms with Crippen molar-refractivity contribution < 1.29 is 74.1 Å². The summed E-state index contributed by atoms with van der Waals surface area (Å²) in [6, 6.07) is 15.9. The molecule has 3 aliphatic heterocycles. The molecule has 2 saturated heterocycles. The fourth-order valence-corrected chi connectivity index (χ4v) is 12.1. The number of aliphatic carboxylic acids is 1. The molecule has 2 bridgehead atoms. The fraction of sp³-hybridized carbons (Fsp3) is 0.358. The molecule has 394 valence electrons. The minimum absolute atomic E-state index is 0.0165. The number of aliphatic hydroxyl groups is 6. The Labute approximate surface area is 426 Å². The first-order valence-corrected chi connectivity index (χ1v) is 24.4. The third-order valence-corrected chi connectivity index (χ3v) is 15.5. The van der Waals surface area contributed by atoms with Crippen LogP contribution in [0.3, 0.4) is 0 Å². The van der Waals surface area contributed by atoms with Gasteiger partial charge < -0.3 is 96.4 Å². The van der Waals surface area contributed by atoms with Crippen LogP contribution >= 0.6 is 0 Å². The van der Waals surface area contributed by atoms with E-state index >= 15 is 0 Å². The number of hydrogen-bond donors (Lipinski definition) is 15. The summed E-state index contributed by atoms with van der Waals surface area (Å²) < 4.78 is 30.6. The SMILES string of the molecule is NC1=CC2=C(C=C[C@H]3CCC[C@@]23C2=C[C@]3(O)[C@H](Oc4cc5oc(-c6ccc(O[C@@H](CO)[C@H](O)c7ccc(N)[nH]7)cc6)cc(=O)c5c(O)c4O[C@H](O)c4cccc(O)c4)O[C@H](C(=O)O)[C@](O)([C@H]2[C@H]2CNCN2)[C@H]3O)CN1. The number of aromatic nitrogens is 1. The lowest BCUT2D eigenvalue weighted by atomic mass is 9.51. The molecule has 2 aromatic heterocycles.